The van der Waals surface area contributed by atoms with E-state index in [0.717, 1.165) is 23.5 Å². The zero-order valence-electron chi connectivity index (χ0n) is 10.9. The van der Waals surface area contributed by atoms with Gasteiger partial charge in [-0.3, -0.25) is 4.98 Å². The van der Waals surface area contributed by atoms with E-state index < -0.39 is 0 Å². The van der Waals surface area contributed by atoms with E-state index in [1.807, 2.05) is 19.1 Å². The summed E-state index contributed by atoms with van der Waals surface area (Å²) < 4.78 is 0. The van der Waals surface area contributed by atoms with Gasteiger partial charge in [0.05, 0.1) is 0 Å². The summed E-state index contributed by atoms with van der Waals surface area (Å²) in [5, 5.41) is 3.34. The lowest BCUT2D eigenvalue weighted by Crippen LogP contribution is -2.12. The molecular weight excluding hydrogens is 220 g/mol. The van der Waals surface area contributed by atoms with E-state index in [2.05, 4.69) is 48.1 Å². The molecule has 1 N–H and O–H groups in total. The van der Waals surface area contributed by atoms with Crippen LogP contribution in [0, 0.1) is 13.8 Å². The lowest BCUT2D eigenvalue weighted by atomic mass is 10.1. The lowest BCUT2D eigenvalue weighted by molar-refractivity contribution is 0.887. The Bertz CT molecular complexity index is 541. The molecule has 0 saturated heterocycles. The molecule has 0 unspecified atom stereocenters. The maximum atomic E-state index is 4.27. The Kier molecular flexibility index (Phi) is 3.78. The Balaban J connectivity index is 2.01. The molecule has 1 aromatic heterocycles. The summed E-state index contributed by atoms with van der Waals surface area (Å²) in [6, 6.07) is 12.5. The van der Waals surface area contributed by atoms with Crippen molar-refractivity contribution in [3.63, 3.8) is 0 Å². The summed E-state index contributed by atoms with van der Waals surface area (Å²) in [5.41, 5.74) is 5.52. The predicted molar refractivity (Wildman–Crippen MR) is 76.0 cm³/mol. The van der Waals surface area contributed by atoms with Crippen LogP contribution in [0.2, 0.25) is 0 Å². The molecule has 0 bridgehead atoms. The maximum Gasteiger partial charge on any atom is 0.0465 e. The second-order valence-corrected chi connectivity index (χ2v) is 4.45. The van der Waals surface area contributed by atoms with Crippen molar-refractivity contribution < 1.29 is 0 Å². The molecule has 0 fully saturated rings. The minimum Gasteiger partial charge on any atom is -0.381 e. The van der Waals surface area contributed by atoms with E-state index in [0.29, 0.717) is 0 Å². The summed E-state index contributed by atoms with van der Waals surface area (Å²) in [6.45, 7) is 8.94. The van der Waals surface area contributed by atoms with Gasteiger partial charge in [0.15, 0.2) is 0 Å². The summed E-state index contributed by atoms with van der Waals surface area (Å²) in [4.78, 5) is 4.27. The van der Waals surface area contributed by atoms with Gasteiger partial charge in [-0.2, -0.15) is 0 Å². The highest BCUT2D eigenvalue weighted by molar-refractivity contribution is 5.63. The van der Waals surface area contributed by atoms with Gasteiger partial charge < -0.3 is 5.32 Å². The van der Waals surface area contributed by atoms with Crippen LogP contribution in [0.3, 0.4) is 0 Å². The molecule has 0 radical (unpaired) electrons. The molecule has 2 heteroatoms. The van der Waals surface area contributed by atoms with Crippen LogP contribution in [0.4, 0.5) is 0 Å². The Morgan fingerprint density at radius 2 is 1.89 bits per heavy atom. The average molecular weight is 238 g/mol. The Hall–Kier alpha value is -2.09. The standard InChI is InChI=1S/C16H18N2/c1-12-6-8-15(9-7-12)11-18-14(3)16-5-4-10-17-13(16)2/h4-10,18H,3,11H2,1-2H3. The minimum absolute atomic E-state index is 0.785. The normalized spacial score (nSPS) is 10.1. The van der Waals surface area contributed by atoms with E-state index in [1.54, 1.807) is 6.20 Å². The molecule has 0 spiro atoms. The molecule has 0 aliphatic rings. The molecule has 0 aliphatic heterocycles. The van der Waals surface area contributed by atoms with Crippen molar-refractivity contribution in [3.05, 3.63) is 71.6 Å². The van der Waals surface area contributed by atoms with Gasteiger partial charge in [-0.1, -0.05) is 36.4 Å². The first-order valence-corrected chi connectivity index (χ1v) is 6.07. The summed E-state index contributed by atoms with van der Waals surface area (Å²) in [5.74, 6) is 0. The molecule has 2 rings (SSSR count). The van der Waals surface area contributed by atoms with Gasteiger partial charge >= 0.3 is 0 Å². The molecule has 1 heterocycles. The first kappa shape index (κ1) is 12.4. The van der Waals surface area contributed by atoms with Gasteiger partial charge in [0.25, 0.3) is 0 Å². The highest BCUT2D eigenvalue weighted by Crippen LogP contribution is 2.13. The highest BCUT2D eigenvalue weighted by atomic mass is 14.9. The molecule has 1 aromatic carbocycles. The summed E-state index contributed by atoms with van der Waals surface area (Å²) in [6.07, 6.45) is 1.80. The molecule has 0 atom stereocenters. The van der Waals surface area contributed by atoms with Gasteiger partial charge in [0.2, 0.25) is 0 Å². The number of hydrogen-bond donors (Lipinski definition) is 1. The zero-order chi connectivity index (χ0) is 13.0. The Morgan fingerprint density at radius 3 is 2.56 bits per heavy atom. The third-order valence-corrected chi connectivity index (χ3v) is 2.96. The number of nitrogens with one attached hydrogen (secondary N) is 1. The van der Waals surface area contributed by atoms with Crippen LogP contribution >= 0.6 is 0 Å². The fourth-order valence-electron chi connectivity index (χ4n) is 1.81. The van der Waals surface area contributed by atoms with E-state index in [4.69, 9.17) is 0 Å². The SMILES string of the molecule is C=C(NCc1ccc(C)cc1)c1cccnc1C. The van der Waals surface area contributed by atoms with E-state index in [-0.39, 0.29) is 0 Å². The lowest BCUT2D eigenvalue weighted by Gasteiger charge is -2.11. The molecule has 2 nitrogen and oxygen atoms in total. The number of rotatable bonds is 4. The molecule has 2 aromatic rings. The Labute approximate surface area is 108 Å². The number of aromatic nitrogens is 1. The molecule has 0 amide bonds. The van der Waals surface area contributed by atoms with Crippen molar-refractivity contribution in [2.45, 2.75) is 20.4 Å². The fraction of sp³-hybridized carbons (Fsp3) is 0.188. The van der Waals surface area contributed by atoms with E-state index >= 15 is 0 Å². The van der Waals surface area contributed by atoms with Crippen molar-refractivity contribution in [3.8, 4) is 0 Å². The zero-order valence-corrected chi connectivity index (χ0v) is 10.9. The van der Waals surface area contributed by atoms with Gasteiger partial charge in [0.1, 0.15) is 0 Å². The van der Waals surface area contributed by atoms with Gasteiger partial charge in [-0.15, -0.1) is 0 Å². The molecule has 92 valence electrons. The molecule has 0 saturated carbocycles. The predicted octanol–water partition coefficient (Wildman–Crippen LogP) is 3.46. The van der Waals surface area contributed by atoms with Gasteiger partial charge in [-0.25, -0.2) is 0 Å². The van der Waals surface area contributed by atoms with Crippen LogP contribution in [0.1, 0.15) is 22.4 Å². The minimum atomic E-state index is 0.785. The average Bonchev–Trinajstić information content (AvgIpc) is 2.38. The number of benzene rings is 1. The molecular formula is C16H18N2. The third-order valence-electron chi connectivity index (χ3n) is 2.96. The maximum absolute atomic E-state index is 4.27. The monoisotopic (exact) mass is 238 g/mol. The van der Waals surface area contributed by atoms with Crippen LogP contribution in [0.5, 0.6) is 0 Å². The van der Waals surface area contributed by atoms with E-state index in [9.17, 15) is 0 Å². The van der Waals surface area contributed by atoms with E-state index in [1.165, 1.54) is 11.1 Å². The number of nitrogens with zero attached hydrogens (tertiary/aromatic N) is 1. The number of pyridine rings is 1. The van der Waals surface area contributed by atoms with Crippen molar-refractivity contribution in [2.24, 2.45) is 0 Å². The van der Waals surface area contributed by atoms with Crippen molar-refractivity contribution in [1.82, 2.24) is 10.3 Å². The van der Waals surface area contributed by atoms with Gasteiger partial charge in [-0.05, 0) is 31.5 Å². The third kappa shape index (κ3) is 2.98. The van der Waals surface area contributed by atoms with Crippen LogP contribution in [-0.2, 0) is 6.54 Å². The van der Waals surface area contributed by atoms with Crippen molar-refractivity contribution in [1.29, 1.82) is 0 Å². The Morgan fingerprint density at radius 1 is 1.17 bits per heavy atom. The van der Waals surface area contributed by atoms with Crippen LogP contribution in [0.15, 0.2) is 49.2 Å². The largest absolute Gasteiger partial charge is 0.381 e. The van der Waals surface area contributed by atoms with Crippen LogP contribution in [0.25, 0.3) is 5.70 Å². The summed E-state index contributed by atoms with van der Waals surface area (Å²) >= 11 is 0. The number of aryl methyl sites for hydroxylation is 2. The summed E-state index contributed by atoms with van der Waals surface area (Å²) in [7, 11) is 0. The highest BCUT2D eigenvalue weighted by Gasteiger charge is 2.02. The van der Waals surface area contributed by atoms with Crippen LogP contribution < -0.4 is 5.32 Å². The smallest absolute Gasteiger partial charge is 0.0465 e. The molecule has 0 aliphatic carbocycles. The second kappa shape index (κ2) is 5.50. The van der Waals surface area contributed by atoms with Crippen molar-refractivity contribution >= 4 is 5.70 Å². The topological polar surface area (TPSA) is 24.9 Å². The molecule has 18 heavy (non-hydrogen) atoms. The first-order valence-electron chi connectivity index (χ1n) is 6.07. The van der Waals surface area contributed by atoms with Crippen LogP contribution in [-0.4, -0.2) is 4.98 Å². The fourth-order valence-corrected chi connectivity index (χ4v) is 1.81. The second-order valence-electron chi connectivity index (χ2n) is 4.45. The number of hydrogen-bond acceptors (Lipinski definition) is 2. The van der Waals surface area contributed by atoms with Crippen molar-refractivity contribution in [2.75, 3.05) is 0 Å². The van der Waals surface area contributed by atoms with Gasteiger partial charge in [0, 0.05) is 29.7 Å². The first-order chi connectivity index (χ1) is 8.66. The quantitative estimate of drug-likeness (QED) is 0.882.